The molecule has 2 aromatic carbocycles. The normalized spacial score (nSPS) is 16.2. The number of hydrogen-bond donors (Lipinski definition) is 1. The van der Waals surface area contributed by atoms with E-state index in [-0.39, 0.29) is 17.6 Å². The molecular weight excluding hydrogens is 388 g/mol. The summed E-state index contributed by atoms with van der Waals surface area (Å²) in [5, 5.41) is 2.22. The van der Waals surface area contributed by atoms with Gasteiger partial charge >= 0.3 is 0 Å². The SMILES string of the molecule is CC[C@H](C)Oc1ccc(/C=C2\SC(=O)N(CC(=O)Nc3ccccc3)C2=O)cc1. The van der Waals surface area contributed by atoms with Gasteiger partial charge in [-0.05, 0) is 61.0 Å². The summed E-state index contributed by atoms with van der Waals surface area (Å²) in [6.45, 7) is 3.73. The summed E-state index contributed by atoms with van der Waals surface area (Å²) in [6.07, 6.45) is 2.68. The van der Waals surface area contributed by atoms with Gasteiger partial charge in [0.15, 0.2) is 0 Å². The van der Waals surface area contributed by atoms with E-state index in [1.807, 2.05) is 37.3 Å². The first-order valence-corrected chi connectivity index (χ1v) is 10.1. The number of ether oxygens (including phenoxy) is 1. The zero-order valence-corrected chi connectivity index (χ0v) is 17.1. The van der Waals surface area contributed by atoms with Crippen molar-refractivity contribution in [3.63, 3.8) is 0 Å². The van der Waals surface area contributed by atoms with Gasteiger partial charge in [-0.2, -0.15) is 0 Å². The first-order chi connectivity index (χ1) is 14.0. The van der Waals surface area contributed by atoms with Crippen LogP contribution in [0.1, 0.15) is 25.8 Å². The van der Waals surface area contributed by atoms with Crippen LogP contribution in [0.3, 0.4) is 0 Å². The minimum Gasteiger partial charge on any atom is -0.491 e. The van der Waals surface area contributed by atoms with E-state index in [4.69, 9.17) is 4.74 Å². The fraction of sp³-hybridized carbons (Fsp3) is 0.227. The van der Waals surface area contributed by atoms with Crippen LogP contribution in [0.4, 0.5) is 10.5 Å². The lowest BCUT2D eigenvalue weighted by Crippen LogP contribution is -2.36. The monoisotopic (exact) mass is 410 g/mol. The summed E-state index contributed by atoms with van der Waals surface area (Å²) in [4.78, 5) is 38.2. The Hall–Kier alpha value is -3.06. The molecule has 6 nitrogen and oxygen atoms in total. The molecular formula is C22H22N2O4S. The quantitative estimate of drug-likeness (QED) is 0.678. The molecule has 1 aliphatic rings. The minimum absolute atomic E-state index is 0.124. The van der Waals surface area contributed by atoms with Gasteiger partial charge < -0.3 is 10.1 Å². The van der Waals surface area contributed by atoms with Crippen molar-refractivity contribution in [1.29, 1.82) is 0 Å². The van der Waals surface area contributed by atoms with Crippen LogP contribution in [0.15, 0.2) is 59.5 Å². The molecule has 1 N–H and O–H groups in total. The lowest BCUT2D eigenvalue weighted by atomic mass is 10.2. The summed E-state index contributed by atoms with van der Waals surface area (Å²) in [6, 6.07) is 16.2. The molecule has 3 amide bonds. The third-order valence-electron chi connectivity index (χ3n) is 4.32. The molecule has 1 aliphatic heterocycles. The molecule has 3 rings (SSSR count). The second-order valence-corrected chi connectivity index (χ2v) is 7.58. The van der Waals surface area contributed by atoms with Crippen molar-refractivity contribution in [2.45, 2.75) is 26.4 Å². The van der Waals surface area contributed by atoms with E-state index >= 15 is 0 Å². The van der Waals surface area contributed by atoms with Gasteiger partial charge in [-0.15, -0.1) is 0 Å². The van der Waals surface area contributed by atoms with E-state index in [9.17, 15) is 14.4 Å². The molecule has 150 valence electrons. The number of hydrogen-bond acceptors (Lipinski definition) is 5. The van der Waals surface area contributed by atoms with Crippen LogP contribution in [0.2, 0.25) is 0 Å². The molecule has 1 heterocycles. The third-order valence-corrected chi connectivity index (χ3v) is 5.23. The fourth-order valence-electron chi connectivity index (χ4n) is 2.61. The molecule has 1 atom stereocenters. The molecule has 1 saturated heterocycles. The van der Waals surface area contributed by atoms with Crippen molar-refractivity contribution in [2.75, 3.05) is 11.9 Å². The van der Waals surface area contributed by atoms with E-state index in [2.05, 4.69) is 12.2 Å². The maximum absolute atomic E-state index is 12.6. The van der Waals surface area contributed by atoms with Gasteiger partial charge in [0.1, 0.15) is 12.3 Å². The van der Waals surface area contributed by atoms with Crippen LogP contribution in [0.5, 0.6) is 5.75 Å². The predicted octanol–water partition coefficient (Wildman–Crippen LogP) is 4.54. The molecule has 1 fully saturated rings. The van der Waals surface area contributed by atoms with Crippen molar-refractivity contribution in [3.8, 4) is 5.75 Å². The Kier molecular flexibility index (Phi) is 6.72. The van der Waals surface area contributed by atoms with E-state index < -0.39 is 17.1 Å². The molecule has 0 bridgehead atoms. The maximum Gasteiger partial charge on any atom is 0.294 e. The number of benzene rings is 2. The first-order valence-electron chi connectivity index (χ1n) is 9.33. The number of carbonyl (C=O) groups excluding carboxylic acids is 3. The number of imide groups is 1. The standard InChI is InChI=1S/C22H22N2O4S/c1-3-15(2)28-18-11-9-16(10-12-18)13-19-21(26)24(22(27)29-19)14-20(25)23-17-7-5-4-6-8-17/h4-13,15H,3,14H2,1-2H3,(H,23,25)/b19-13-/t15-/m0/s1. The fourth-order valence-corrected chi connectivity index (χ4v) is 3.45. The smallest absolute Gasteiger partial charge is 0.294 e. The first kappa shape index (κ1) is 20.7. The Balaban J connectivity index is 1.64. The number of rotatable bonds is 7. The highest BCUT2D eigenvalue weighted by Gasteiger charge is 2.36. The molecule has 0 spiro atoms. The number of anilines is 1. The van der Waals surface area contributed by atoms with Crippen LogP contribution in [0.25, 0.3) is 6.08 Å². The Labute approximate surface area is 173 Å². The molecule has 29 heavy (non-hydrogen) atoms. The number of nitrogens with zero attached hydrogens (tertiary/aromatic N) is 1. The van der Waals surface area contributed by atoms with Crippen LogP contribution >= 0.6 is 11.8 Å². The van der Waals surface area contributed by atoms with Crippen LogP contribution in [0, 0.1) is 0 Å². The van der Waals surface area contributed by atoms with Crippen LogP contribution < -0.4 is 10.1 Å². The van der Waals surface area contributed by atoms with Gasteiger partial charge in [-0.25, -0.2) is 0 Å². The summed E-state index contributed by atoms with van der Waals surface area (Å²) < 4.78 is 5.74. The van der Waals surface area contributed by atoms with Crippen LogP contribution in [-0.4, -0.2) is 34.6 Å². The summed E-state index contributed by atoms with van der Waals surface area (Å²) in [5.74, 6) is -0.142. The highest BCUT2D eigenvalue weighted by molar-refractivity contribution is 8.18. The topological polar surface area (TPSA) is 75.7 Å². The highest BCUT2D eigenvalue weighted by Crippen LogP contribution is 2.32. The van der Waals surface area contributed by atoms with E-state index in [0.29, 0.717) is 5.69 Å². The molecule has 7 heteroatoms. The van der Waals surface area contributed by atoms with E-state index in [1.165, 1.54) is 0 Å². The lowest BCUT2D eigenvalue weighted by Gasteiger charge is -2.12. The predicted molar refractivity (Wildman–Crippen MR) is 115 cm³/mol. The van der Waals surface area contributed by atoms with Crippen molar-refractivity contribution in [1.82, 2.24) is 4.90 Å². The molecule has 2 aromatic rings. The van der Waals surface area contributed by atoms with Gasteiger partial charge in [0, 0.05) is 5.69 Å². The second kappa shape index (κ2) is 9.43. The number of nitrogens with one attached hydrogen (secondary N) is 1. The van der Waals surface area contributed by atoms with Gasteiger partial charge in [-0.1, -0.05) is 37.3 Å². The van der Waals surface area contributed by atoms with Gasteiger partial charge in [0.05, 0.1) is 11.0 Å². The Bertz CT molecular complexity index is 926. The number of thioether (sulfide) groups is 1. The summed E-state index contributed by atoms with van der Waals surface area (Å²) in [7, 11) is 0. The average Bonchev–Trinajstić information content (AvgIpc) is 2.97. The van der Waals surface area contributed by atoms with Gasteiger partial charge in [0.2, 0.25) is 5.91 Å². The zero-order chi connectivity index (χ0) is 20.8. The van der Waals surface area contributed by atoms with Crippen molar-refractivity contribution >= 4 is 40.6 Å². The number of para-hydroxylation sites is 1. The molecule has 0 unspecified atom stereocenters. The molecule has 0 aromatic heterocycles. The van der Waals surface area contributed by atoms with E-state index in [1.54, 1.807) is 30.3 Å². The third kappa shape index (κ3) is 5.48. The molecule has 0 aliphatic carbocycles. The minimum atomic E-state index is -0.469. The van der Waals surface area contributed by atoms with Gasteiger partial charge in [0.25, 0.3) is 11.1 Å². The van der Waals surface area contributed by atoms with Crippen LogP contribution in [-0.2, 0) is 9.59 Å². The zero-order valence-electron chi connectivity index (χ0n) is 16.3. The number of carbonyl (C=O) groups is 3. The largest absolute Gasteiger partial charge is 0.491 e. The second-order valence-electron chi connectivity index (χ2n) is 6.59. The lowest BCUT2D eigenvalue weighted by molar-refractivity contribution is -0.127. The summed E-state index contributed by atoms with van der Waals surface area (Å²) >= 11 is 0.831. The summed E-state index contributed by atoms with van der Waals surface area (Å²) in [5.41, 5.74) is 1.39. The van der Waals surface area contributed by atoms with Gasteiger partial charge in [-0.3, -0.25) is 19.3 Å². The van der Waals surface area contributed by atoms with Crippen molar-refractivity contribution in [2.24, 2.45) is 0 Å². The maximum atomic E-state index is 12.6. The highest BCUT2D eigenvalue weighted by atomic mass is 32.2. The Morgan fingerprint density at radius 3 is 2.48 bits per heavy atom. The molecule has 0 saturated carbocycles. The Morgan fingerprint density at radius 2 is 1.83 bits per heavy atom. The van der Waals surface area contributed by atoms with Crippen molar-refractivity contribution in [3.05, 3.63) is 65.1 Å². The number of amides is 3. The van der Waals surface area contributed by atoms with E-state index in [0.717, 1.165) is 34.4 Å². The average molecular weight is 410 g/mol. The van der Waals surface area contributed by atoms with Crippen molar-refractivity contribution < 1.29 is 19.1 Å². The molecule has 0 radical (unpaired) electrons. The Morgan fingerprint density at radius 1 is 1.14 bits per heavy atom.